The van der Waals surface area contributed by atoms with Gasteiger partial charge in [-0.2, -0.15) is 5.10 Å². The average Bonchev–Trinajstić information content (AvgIpc) is 2.65. The maximum atomic E-state index is 13.5. The summed E-state index contributed by atoms with van der Waals surface area (Å²) in [5.74, 6) is -0.106. The summed E-state index contributed by atoms with van der Waals surface area (Å²) >= 11 is 0. The van der Waals surface area contributed by atoms with Crippen molar-refractivity contribution >= 4 is 0 Å². The third-order valence-electron chi connectivity index (χ3n) is 3.23. The van der Waals surface area contributed by atoms with Crippen LogP contribution in [0.4, 0.5) is 4.39 Å². The molecule has 0 atom stereocenters. The predicted molar refractivity (Wildman–Crippen MR) is 74.4 cm³/mol. The minimum Gasteiger partial charge on any atom is -0.307 e. The van der Waals surface area contributed by atoms with Gasteiger partial charge in [0, 0.05) is 20.1 Å². The van der Waals surface area contributed by atoms with Crippen molar-refractivity contribution in [3.63, 3.8) is 0 Å². The SMILES string of the molecule is Cc1cc(CNCc2cc(C)c(F)c(C)c2)n(C)n1. The predicted octanol–water partition coefficient (Wildman–Crippen LogP) is 2.77. The Morgan fingerprint density at radius 1 is 1.11 bits per heavy atom. The van der Waals surface area contributed by atoms with Crippen LogP contribution in [0.5, 0.6) is 0 Å². The molecule has 0 fully saturated rings. The lowest BCUT2D eigenvalue weighted by Crippen LogP contribution is -2.15. The fourth-order valence-electron chi connectivity index (χ4n) is 2.30. The number of hydrogen-bond donors (Lipinski definition) is 1. The lowest BCUT2D eigenvalue weighted by Gasteiger charge is -2.08. The molecule has 0 radical (unpaired) electrons. The van der Waals surface area contributed by atoms with Crippen LogP contribution < -0.4 is 5.32 Å². The zero-order chi connectivity index (χ0) is 14.0. The number of benzene rings is 1. The van der Waals surface area contributed by atoms with Crippen molar-refractivity contribution in [2.24, 2.45) is 7.05 Å². The summed E-state index contributed by atoms with van der Waals surface area (Å²) in [6.07, 6.45) is 0. The monoisotopic (exact) mass is 261 g/mol. The van der Waals surface area contributed by atoms with Gasteiger partial charge in [0.2, 0.25) is 0 Å². The van der Waals surface area contributed by atoms with E-state index in [0.717, 1.165) is 30.0 Å². The van der Waals surface area contributed by atoms with E-state index < -0.39 is 0 Å². The van der Waals surface area contributed by atoms with Crippen LogP contribution >= 0.6 is 0 Å². The maximum absolute atomic E-state index is 13.5. The van der Waals surface area contributed by atoms with Gasteiger partial charge in [-0.15, -0.1) is 0 Å². The molecule has 0 bridgehead atoms. The largest absolute Gasteiger partial charge is 0.307 e. The molecule has 102 valence electrons. The second-order valence-corrected chi connectivity index (χ2v) is 5.05. The molecule has 3 nitrogen and oxygen atoms in total. The zero-order valence-electron chi connectivity index (χ0n) is 11.9. The summed E-state index contributed by atoms with van der Waals surface area (Å²) in [5, 5.41) is 7.67. The van der Waals surface area contributed by atoms with Crippen molar-refractivity contribution in [3.05, 3.63) is 52.1 Å². The van der Waals surface area contributed by atoms with Crippen LogP contribution in [-0.2, 0) is 20.1 Å². The highest BCUT2D eigenvalue weighted by Crippen LogP contribution is 2.14. The molecule has 1 aromatic heterocycles. The molecular formula is C15H20FN3. The van der Waals surface area contributed by atoms with Crippen LogP contribution in [0.1, 0.15) is 28.1 Å². The Morgan fingerprint density at radius 2 is 1.74 bits per heavy atom. The highest BCUT2D eigenvalue weighted by atomic mass is 19.1. The minimum atomic E-state index is -0.106. The quantitative estimate of drug-likeness (QED) is 0.917. The van der Waals surface area contributed by atoms with E-state index in [0.29, 0.717) is 11.1 Å². The molecule has 1 aromatic carbocycles. The lowest BCUT2D eigenvalue weighted by molar-refractivity contribution is 0.602. The molecule has 0 spiro atoms. The molecule has 0 amide bonds. The van der Waals surface area contributed by atoms with Crippen LogP contribution in [-0.4, -0.2) is 9.78 Å². The Labute approximate surface area is 113 Å². The fraction of sp³-hybridized carbons (Fsp3) is 0.400. The first-order valence-corrected chi connectivity index (χ1v) is 6.43. The van der Waals surface area contributed by atoms with E-state index in [9.17, 15) is 4.39 Å². The second-order valence-electron chi connectivity index (χ2n) is 5.05. The van der Waals surface area contributed by atoms with Crippen LogP contribution in [0.15, 0.2) is 18.2 Å². The highest BCUT2D eigenvalue weighted by molar-refractivity contribution is 5.30. The van der Waals surface area contributed by atoms with E-state index in [2.05, 4.69) is 16.5 Å². The number of hydrogen-bond acceptors (Lipinski definition) is 2. The summed E-state index contributed by atoms with van der Waals surface area (Å²) in [7, 11) is 1.94. The Balaban J connectivity index is 1.98. The van der Waals surface area contributed by atoms with Gasteiger partial charge in [0.1, 0.15) is 5.82 Å². The summed E-state index contributed by atoms with van der Waals surface area (Å²) in [6.45, 7) is 7.07. The standard InChI is InChI=1S/C15H20FN3/c1-10-5-13(6-11(2)15(10)16)8-17-9-14-7-12(3)18-19(14)4/h5-7,17H,8-9H2,1-4H3. The topological polar surface area (TPSA) is 29.9 Å². The van der Waals surface area contributed by atoms with Gasteiger partial charge in [0.25, 0.3) is 0 Å². The van der Waals surface area contributed by atoms with Crippen molar-refractivity contribution in [2.75, 3.05) is 0 Å². The zero-order valence-corrected chi connectivity index (χ0v) is 11.9. The van der Waals surface area contributed by atoms with Crippen LogP contribution in [0.2, 0.25) is 0 Å². The van der Waals surface area contributed by atoms with Crippen LogP contribution in [0.3, 0.4) is 0 Å². The number of nitrogens with zero attached hydrogens (tertiary/aromatic N) is 2. The van der Waals surface area contributed by atoms with Gasteiger partial charge in [-0.3, -0.25) is 4.68 Å². The number of aromatic nitrogens is 2. The molecule has 0 saturated heterocycles. The Kier molecular flexibility index (Phi) is 4.00. The highest BCUT2D eigenvalue weighted by Gasteiger charge is 2.05. The van der Waals surface area contributed by atoms with Gasteiger partial charge >= 0.3 is 0 Å². The number of aryl methyl sites for hydroxylation is 4. The molecule has 0 saturated carbocycles. The van der Waals surface area contributed by atoms with Gasteiger partial charge in [0.05, 0.1) is 11.4 Å². The molecular weight excluding hydrogens is 241 g/mol. The average molecular weight is 261 g/mol. The van der Waals surface area contributed by atoms with Gasteiger partial charge in [-0.25, -0.2) is 4.39 Å². The number of rotatable bonds is 4. The summed E-state index contributed by atoms with van der Waals surface area (Å²) in [4.78, 5) is 0. The Morgan fingerprint density at radius 3 is 2.26 bits per heavy atom. The molecule has 0 aliphatic heterocycles. The van der Waals surface area contributed by atoms with Gasteiger partial charge < -0.3 is 5.32 Å². The Bertz CT molecular complexity index is 564. The van der Waals surface area contributed by atoms with Crippen molar-refractivity contribution in [1.82, 2.24) is 15.1 Å². The van der Waals surface area contributed by atoms with E-state index in [1.165, 1.54) is 0 Å². The summed E-state index contributed by atoms with van der Waals surface area (Å²) in [6, 6.07) is 5.85. The van der Waals surface area contributed by atoms with Gasteiger partial charge in [-0.1, -0.05) is 12.1 Å². The van der Waals surface area contributed by atoms with Crippen LogP contribution in [0.25, 0.3) is 0 Å². The fourth-order valence-corrected chi connectivity index (χ4v) is 2.30. The second kappa shape index (κ2) is 5.53. The molecule has 2 aromatic rings. The molecule has 1 heterocycles. The lowest BCUT2D eigenvalue weighted by atomic mass is 10.1. The maximum Gasteiger partial charge on any atom is 0.129 e. The molecule has 2 rings (SSSR count). The summed E-state index contributed by atoms with van der Waals surface area (Å²) in [5.41, 5.74) is 4.68. The van der Waals surface area contributed by atoms with Crippen molar-refractivity contribution in [3.8, 4) is 0 Å². The van der Waals surface area contributed by atoms with Crippen LogP contribution in [0, 0.1) is 26.6 Å². The Hall–Kier alpha value is -1.68. The van der Waals surface area contributed by atoms with Crippen molar-refractivity contribution in [1.29, 1.82) is 0 Å². The molecule has 0 aliphatic carbocycles. The number of halogens is 1. The summed E-state index contributed by atoms with van der Waals surface area (Å²) < 4.78 is 15.4. The molecule has 1 N–H and O–H groups in total. The molecule has 4 heteroatoms. The third-order valence-corrected chi connectivity index (χ3v) is 3.23. The molecule has 0 unspecified atom stereocenters. The van der Waals surface area contributed by atoms with E-state index in [1.54, 1.807) is 13.8 Å². The van der Waals surface area contributed by atoms with E-state index in [4.69, 9.17) is 0 Å². The first-order valence-electron chi connectivity index (χ1n) is 6.43. The molecule has 19 heavy (non-hydrogen) atoms. The van der Waals surface area contributed by atoms with Crippen molar-refractivity contribution < 1.29 is 4.39 Å². The van der Waals surface area contributed by atoms with E-state index in [-0.39, 0.29) is 5.82 Å². The third kappa shape index (κ3) is 3.20. The van der Waals surface area contributed by atoms with Gasteiger partial charge in [0.15, 0.2) is 0 Å². The minimum absolute atomic E-state index is 0.106. The molecule has 0 aliphatic rings. The van der Waals surface area contributed by atoms with E-state index >= 15 is 0 Å². The van der Waals surface area contributed by atoms with Gasteiger partial charge in [-0.05, 0) is 43.5 Å². The smallest absolute Gasteiger partial charge is 0.129 e. The number of nitrogens with one attached hydrogen (secondary N) is 1. The normalized spacial score (nSPS) is 11.0. The first kappa shape index (κ1) is 13.7. The first-order chi connectivity index (χ1) is 8.97. The van der Waals surface area contributed by atoms with E-state index in [1.807, 2.05) is 30.8 Å². The van der Waals surface area contributed by atoms with Crippen molar-refractivity contribution in [2.45, 2.75) is 33.9 Å².